The number of nitrogens with zero attached hydrogens (tertiary/aromatic N) is 2. The molecule has 0 aliphatic heterocycles. The van der Waals surface area contributed by atoms with Crippen molar-refractivity contribution < 1.29 is 0 Å². The lowest BCUT2D eigenvalue weighted by Gasteiger charge is -2.07. The van der Waals surface area contributed by atoms with Crippen LogP contribution in [0.3, 0.4) is 0 Å². The van der Waals surface area contributed by atoms with Crippen LogP contribution in [0.15, 0.2) is 32.9 Å². The Labute approximate surface area is 110 Å². The second-order valence-corrected chi connectivity index (χ2v) is 5.81. The van der Waals surface area contributed by atoms with Crippen molar-refractivity contribution in [2.45, 2.75) is 29.6 Å². The molecule has 5 heteroatoms. The molecule has 17 heavy (non-hydrogen) atoms. The van der Waals surface area contributed by atoms with Crippen molar-refractivity contribution in [1.82, 2.24) is 15.5 Å². The first-order valence-corrected chi connectivity index (χ1v) is 7.23. The molecule has 1 N–H and O–H groups in total. The van der Waals surface area contributed by atoms with Crippen LogP contribution in [-0.2, 0) is 6.54 Å². The molecule has 2 aromatic rings. The van der Waals surface area contributed by atoms with Gasteiger partial charge in [-0.2, -0.15) is 0 Å². The van der Waals surface area contributed by atoms with E-state index in [1.165, 1.54) is 16.0 Å². The van der Waals surface area contributed by atoms with Crippen LogP contribution in [0.25, 0.3) is 0 Å². The Morgan fingerprint density at radius 1 is 1.41 bits per heavy atom. The first kappa shape index (κ1) is 12.5. The van der Waals surface area contributed by atoms with E-state index < -0.39 is 0 Å². The largest absolute Gasteiger partial charge is 0.313 e. The average molecular weight is 265 g/mol. The van der Waals surface area contributed by atoms with Gasteiger partial charge >= 0.3 is 0 Å². The summed E-state index contributed by atoms with van der Waals surface area (Å²) in [5, 5.41) is 11.2. The number of hydrogen-bond donors (Lipinski definition) is 1. The van der Waals surface area contributed by atoms with Crippen LogP contribution < -0.4 is 5.32 Å². The van der Waals surface area contributed by atoms with Crippen LogP contribution in [0.1, 0.15) is 18.1 Å². The third-order valence-electron chi connectivity index (χ3n) is 2.36. The molecule has 90 valence electrons. The molecule has 0 aliphatic carbocycles. The van der Waals surface area contributed by atoms with Crippen LogP contribution in [0.4, 0.5) is 0 Å². The quantitative estimate of drug-likeness (QED) is 0.901. The summed E-state index contributed by atoms with van der Waals surface area (Å²) in [7, 11) is 0. The lowest BCUT2D eigenvalue weighted by atomic mass is 10.1. The highest BCUT2D eigenvalue weighted by Gasteiger charge is 2.04. The summed E-state index contributed by atoms with van der Waals surface area (Å²) in [5.74, 6) is 0. The molecular formula is C12H15N3S2. The minimum Gasteiger partial charge on any atom is -0.313 e. The lowest BCUT2D eigenvalue weighted by molar-refractivity contribution is 0.726. The molecule has 1 aromatic heterocycles. The molecule has 3 nitrogen and oxygen atoms in total. The molecule has 0 aliphatic rings. The van der Waals surface area contributed by atoms with Gasteiger partial charge in [-0.25, -0.2) is 0 Å². The molecule has 0 radical (unpaired) electrons. The average Bonchev–Trinajstić information content (AvgIpc) is 2.82. The van der Waals surface area contributed by atoms with E-state index >= 15 is 0 Å². The molecule has 0 atom stereocenters. The van der Waals surface area contributed by atoms with Gasteiger partial charge in [0, 0.05) is 11.4 Å². The number of nitrogens with one attached hydrogen (secondary N) is 1. The predicted octanol–water partition coefficient (Wildman–Crippen LogP) is 3.11. The second kappa shape index (κ2) is 6.14. The molecule has 1 aromatic carbocycles. The van der Waals surface area contributed by atoms with Crippen molar-refractivity contribution in [3.8, 4) is 0 Å². The maximum absolute atomic E-state index is 4.04. The van der Waals surface area contributed by atoms with E-state index in [1.54, 1.807) is 28.6 Å². The first-order valence-electron chi connectivity index (χ1n) is 5.54. The van der Waals surface area contributed by atoms with E-state index in [9.17, 15) is 0 Å². The zero-order valence-corrected chi connectivity index (χ0v) is 11.6. The molecule has 0 fully saturated rings. The van der Waals surface area contributed by atoms with E-state index in [2.05, 4.69) is 47.6 Å². The fraction of sp³-hybridized carbons (Fsp3) is 0.333. The van der Waals surface area contributed by atoms with Crippen molar-refractivity contribution in [2.24, 2.45) is 0 Å². The summed E-state index contributed by atoms with van der Waals surface area (Å²) in [5.41, 5.74) is 4.38. The summed E-state index contributed by atoms with van der Waals surface area (Å²) >= 11 is 3.25. The smallest absolute Gasteiger partial charge is 0.178 e. The Kier molecular flexibility index (Phi) is 4.53. The molecular weight excluding hydrogens is 250 g/mol. The number of rotatable bonds is 5. The third kappa shape index (κ3) is 3.52. The van der Waals surface area contributed by atoms with Gasteiger partial charge in [-0.1, -0.05) is 42.2 Å². The molecule has 0 saturated carbocycles. The van der Waals surface area contributed by atoms with E-state index in [0.717, 1.165) is 17.4 Å². The Morgan fingerprint density at radius 2 is 2.29 bits per heavy atom. The number of aryl methyl sites for hydroxylation is 1. The van der Waals surface area contributed by atoms with Gasteiger partial charge in [0.1, 0.15) is 5.51 Å². The van der Waals surface area contributed by atoms with Gasteiger partial charge in [-0.15, -0.1) is 10.2 Å². The van der Waals surface area contributed by atoms with Crippen LogP contribution >= 0.6 is 23.1 Å². The SMILES string of the molecule is CCNCc1ccc(Sc2nncs2)c(C)c1. The Hall–Kier alpha value is -0.910. The van der Waals surface area contributed by atoms with E-state index in [1.807, 2.05) is 0 Å². The summed E-state index contributed by atoms with van der Waals surface area (Å²) in [6.45, 7) is 6.19. The van der Waals surface area contributed by atoms with Crippen LogP contribution in [0.5, 0.6) is 0 Å². The highest BCUT2D eigenvalue weighted by molar-refractivity contribution is 8.01. The Bertz CT molecular complexity index is 469. The van der Waals surface area contributed by atoms with Gasteiger partial charge in [0.2, 0.25) is 0 Å². The van der Waals surface area contributed by atoms with Crippen LogP contribution in [-0.4, -0.2) is 16.7 Å². The van der Waals surface area contributed by atoms with Crippen molar-refractivity contribution in [1.29, 1.82) is 0 Å². The molecule has 2 rings (SSSR count). The Balaban J connectivity index is 2.09. The second-order valence-electron chi connectivity index (χ2n) is 3.69. The van der Waals surface area contributed by atoms with Gasteiger partial charge in [-0.05, 0) is 30.7 Å². The summed E-state index contributed by atoms with van der Waals surface area (Å²) in [6.07, 6.45) is 0. The molecule has 0 spiro atoms. The molecule has 0 amide bonds. The van der Waals surface area contributed by atoms with Gasteiger partial charge in [0.15, 0.2) is 4.34 Å². The summed E-state index contributed by atoms with van der Waals surface area (Å²) in [6, 6.07) is 6.55. The standard InChI is InChI=1S/C12H15N3S2/c1-3-13-7-10-4-5-11(9(2)6-10)17-12-15-14-8-16-12/h4-6,8,13H,3,7H2,1-2H3. The monoisotopic (exact) mass is 265 g/mol. The third-order valence-corrected chi connectivity index (χ3v) is 4.31. The van der Waals surface area contributed by atoms with Crippen molar-refractivity contribution in [2.75, 3.05) is 6.54 Å². The van der Waals surface area contributed by atoms with Crippen molar-refractivity contribution in [3.63, 3.8) is 0 Å². The normalized spacial score (nSPS) is 10.7. The van der Waals surface area contributed by atoms with Crippen molar-refractivity contribution in [3.05, 3.63) is 34.8 Å². The fourth-order valence-corrected chi connectivity index (χ4v) is 3.01. The number of benzene rings is 1. The van der Waals surface area contributed by atoms with Crippen molar-refractivity contribution >= 4 is 23.1 Å². The van der Waals surface area contributed by atoms with Crippen LogP contribution in [0.2, 0.25) is 0 Å². The first-order chi connectivity index (χ1) is 8.29. The van der Waals surface area contributed by atoms with Gasteiger partial charge in [-0.3, -0.25) is 0 Å². The van der Waals surface area contributed by atoms with E-state index in [-0.39, 0.29) is 0 Å². The zero-order valence-electron chi connectivity index (χ0n) is 9.93. The zero-order chi connectivity index (χ0) is 12.1. The van der Waals surface area contributed by atoms with E-state index in [4.69, 9.17) is 0 Å². The predicted molar refractivity (Wildman–Crippen MR) is 72.6 cm³/mol. The topological polar surface area (TPSA) is 37.8 Å². The van der Waals surface area contributed by atoms with Crippen LogP contribution in [0, 0.1) is 6.92 Å². The van der Waals surface area contributed by atoms with E-state index in [0.29, 0.717) is 0 Å². The van der Waals surface area contributed by atoms with Gasteiger partial charge in [0.25, 0.3) is 0 Å². The minimum atomic E-state index is 0.932. The maximum atomic E-state index is 4.04. The summed E-state index contributed by atoms with van der Waals surface area (Å²) < 4.78 is 0.993. The number of aromatic nitrogens is 2. The fourth-order valence-electron chi connectivity index (χ4n) is 1.51. The minimum absolute atomic E-state index is 0.932. The highest BCUT2D eigenvalue weighted by atomic mass is 32.2. The molecule has 1 heterocycles. The molecule has 0 bridgehead atoms. The highest BCUT2D eigenvalue weighted by Crippen LogP contribution is 2.31. The number of hydrogen-bond acceptors (Lipinski definition) is 5. The van der Waals surface area contributed by atoms with Gasteiger partial charge in [0.05, 0.1) is 0 Å². The van der Waals surface area contributed by atoms with Gasteiger partial charge < -0.3 is 5.32 Å². The summed E-state index contributed by atoms with van der Waals surface area (Å²) in [4.78, 5) is 1.25. The maximum Gasteiger partial charge on any atom is 0.178 e. The lowest BCUT2D eigenvalue weighted by Crippen LogP contribution is -2.11. The molecule has 0 saturated heterocycles. The Morgan fingerprint density at radius 3 is 2.94 bits per heavy atom. The molecule has 0 unspecified atom stereocenters.